The highest BCUT2D eigenvalue weighted by atomic mass is 32.1. The predicted molar refractivity (Wildman–Crippen MR) is 75.0 cm³/mol. The number of rotatable bonds is 4. The third kappa shape index (κ3) is 2.16. The number of hydrogen-bond acceptors (Lipinski definition) is 5. The van der Waals surface area contributed by atoms with Gasteiger partial charge in [0.1, 0.15) is 5.52 Å². The van der Waals surface area contributed by atoms with Crippen LogP contribution in [0.3, 0.4) is 0 Å². The van der Waals surface area contributed by atoms with E-state index in [0.29, 0.717) is 12.1 Å². The number of carboxylic acid groups (broad SMARTS) is 1. The first kappa shape index (κ1) is 12.7. The van der Waals surface area contributed by atoms with Crippen LogP contribution in [0.15, 0.2) is 29.8 Å². The summed E-state index contributed by atoms with van der Waals surface area (Å²) in [7, 11) is 0. The van der Waals surface area contributed by atoms with E-state index in [9.17, 15) is 4.79 Å². The molecule has 7 heteroatoms. The molecular formula is C13H12N4O2S. The largest absolute Gasteiger partial charge is 0.478 e. The zero-order valence-corrected chi connectivity index (χ0v) is 11.5. The molecule has 20 heavy (non-hydrogen) atoms. The highest BCUT2D eigenvalue weighted by Crippen LogP contribution is 2.22. The van der Waals surface area contributed by atoms with Crippen LogP contribution in [0, 0.1) is 0 Å². The Bertz CT molecular complexity index is 751. The zero-order chi connectivity index (χ0) is 14.1. The molecule has 0 spiro atoms. The quantitative estimate of drug-likeness (QED) is 0.797. The summed E-state index contributed by atoms with van der Waals surface area (Å²) in [6.45, 7) is 2.68. The van der Waals surface area contributed by atoms with Gasteiger partial charge in [0.2, 0.25) is 0 Å². The topological polar surface area (TPSA) is 80.9 Å². The number of benzene rings is 1. The summed E-state index contributed by atoms with van der Waals surface area (Å²) in [4.78, 5) is 15.4. The molecule has 2 aromatic heterocycles. The molecule has 0 bridgehead atoms. The van der Waals surface area contributed by atoms with Crippen molar-refractivity contribution in [3.8, 4) is 0 Å². The average molecular weight is 288 g/mol. The van der Waals surface area contributed by atoms with E-state index in [1.165, 1.54) is 6.07 Å². The molecule has 3 rings (SSSR count). The first-order valence-electron chi connectivity index (χ1n) is 6.11. The van der Waals surface area contributed by atoms with Crippen molar-refractivity contribution in [2.75, 3.05) is 0 Å². The third-order valence-corrected chi connectivity index (χ3v) is 4.10. The summed E-state index contributed by atoms with van der Waals surface area (Å²) in [5.74, 6) is -0.788. The predicted octanol–water partition coefficient (Wildman–Crippen LogP) is 2.39. The smallest absolute Gasteiger partial charge is 0.338 e. The normalized spacial score (nSPS) is 12.7. The van der Waals surface area contributed by atoms with Crippen LogP contribution < -0.4 is 0 Å². The average Bonchev–Trinajstić information content (AvgIpc) is 3.08. The van der Waals surface area contributed by atoms with E-state index in [1.54, 1.807) is 28.3 Å². The Labute approximate surface area is 118 Å². The monoisotopic (exact) mass is 288 g/mol. The summed E-state index contributed by atoms with van der Waals surface area (Å²) >= 11 is 1.60. The number of carboxylic acids is 1. The van der Waals surface area contributed by atoms with Crippen LogP contribution in [-0.4, -0.2) is 31.1 Å². The molecule has 0 saturated carbocycles. The molecule has 0 aliphatic rings. The van der Waals surface area contributed by atoms with E-state index >= 15 is 0 Å². The third-order valence-electron chi connectivity index (χ3n) is 3.10. The molecule has 1 atom stereocenters. The number of aromatic nitrogens is 4. The number of thiazole rings is 1. The lowest BCUT2D eigenvalue weighted by molar-refractivity contribution is 0.0699. The van der Waals surface area contributed by atoms with Crippen LogP contribution in [0.5, 0.6) is 0 Å². The number of fused-ring (bicyclic) bond motifs is 1. The Morgan fingerprint density at radius 2 is 2.35 bits per heavy atom. The molecule has 0 radical (unpaired) electrons. The van der Waals surface area contributed by atoms with Crippen molar-refractivity contribution in [1.82, 2.24) is 20.0 Å². The van der Waals surface area contributed by atoms with Gasteiger partial charge in [-0.15, -0.1) is 16.4 Å². The van der Waals surface area contributed by atoms with Gasteiger partial charge in [-0.05, 0) is 12.1 Å². The standard InChI is InChI=1S/C13H12N4O2S/c1-8(12-14-5-6-20-12)7-17-10-4-2-3-9(13(18)19)11(10)15-16-17/h2-6,8H,7H2,1H3,(H,18,19). The van der Waals surface area contributed by atoms with Gasteiger partial charge < -0.3 is 5.11 Å². The van der Waals surface area contributed by atoms with Gasteiger partial charge in [-0.2, -0.15) is 0 Å². The van der Waals surface area contributed by atoms with Crippen molar-refractivity contribution in [2.24, 2.45) is 0 Å². The molecule has 0 fully saturated rings. The fourth-order valence-corrected chi connectivity index (χ4v) is 2.80. The Kier molecular flexibility index (Phi) is 3.19. The van der Waals surface area contributed by atoms with Gasteiger partial charge in [-0.25, -0.2) is 14.5 Å². The van der Waals surface area contributed by atoms with E-state index < -0.39 is 5.97 Å². The Hall–Kier alpha value is -2.28. The van der Waals surface area contributed by atoms with Crippen molar-refractivity contribution in [2.45, 2.75) is 19.4 Å². The van der Waals surface area contributed by atoms with Crippen LogP contribution in [0.25, 0.3) is 11.0 Å². The van der Waals surface area contributed by atoms with E-state index in [-0.39, 0.29) is 11.5 Å². The maximum Gasteiger partial charge on any atom is 0.338 e. The van der Waals surface area contributed by atoms with Gasteiger partial charge in [0.25, 0.3) is 0 Å². The first-order chi connectivity index (χ1) is 9.66. The SMILES string of the molecule is CC(Cn1nnc2c(C(=O)O)cccc21)c1nccs1. The van der Waals surface area contributed by atoms with E-state index in [4.69, 9.17) is 5.11 Å². The lowest BCUT2D eigenvalue weighted by atomic mass is 10.1. The second kappa shape index (κ2) is 5.01. The maximum absolute atomic E-state index is 11.1. The number of nitrogens with zero attached hydrogens (tertiary/aromatic N) is 4. The van der Waals surface area contributed by atoms with Crippen LogP contribution in [0.4, 0.5) is 0 Å². The minimum Gasteiger partial charge on any atom is -0.478 e. The Morgan fingerprint density at radius 3 is 3.05 bits per heavy atom. The maximum atomic E-state index is 11.1. The second-order valence-corrected chi connectivity index (χ2v) is 5.45. The van der Waals surface area contributed by atoms with Crippen molar-refractivity contribution in [3.05, 3.63) is 40.3 Å². The van der Waals surface area contributed by atoms with Crippen LogP contribution >= 0.6 is 11.3 Å². The molecule has 1 aromatic carbocycles. The van der Waals surface area contributed by atoms with E-state index in [0.717, 1.165) is 10.5 Å². The highest BCUT2D eigenvalue weighted by molar-refractivity contribution is 7.09. The molecule has 0 aliphatic heterocycles. The van der Waals surface area contributed by atoms with Gasteiger partial charge in [0.15, 0.2) is 0 Å². The fourth-order valence-electron chi connectivity index (χ4n) is 2.11. The highest BCUT2D eigenvalue weighted by Gasteiger charge is 2.16. The molecule has 1 unspecified atom stereocenters. The minimum absolute atomic E-state index is 0.177. The Morgan fingerprint density at radius 1 is 1.50 bits per heavy atom. The molecule has 102 valence electrons. The number of hydrogen-bond donors (Lipinski definition) is 1. The second-order valence-electron chi connectivity index (χ2n) is 4.52. The van der Waals surface area contributed by atoms with Gasteiger partial charge in [-0.3, -0.25) is 0 Å². The molecule has 0 amide bonds. The molecule has 6 nitrogen and oxygen atoms in total. The summed E-state index contributed by atoms with van der Waals surface area (Å²) < 4.78 is 1.73. The van der Waals surface area contributed by atoms with Crippen LogP contribution in [-0.2, 0) is 6.54 Å². The summed E-state index contributed by atoms with van der Waals surface area (Å²) in [6, 6.07) is 5.07. The Balaban J connectivity index is 1.97. The van der Waals surface area contributed by atoms with Crippen molar-refractivity contribution in [1.29, 1.82) is 0 Å². The van der Waals surface area contributed by atoms with Crippen molar-refractivity contribution in [3.63, 3.8) is 0 Å². The van der Waals surface area contributed by atoms with Gasteiger partial charge in [-0.1, -0.05) is 18.2 Å². The van der Waals surface area contributed by atoms with Crippen molar-refractivity contribution >= 4 is 28.3 Å². The first-order valence-corrected chi connectivity index (χ1v) is 6.99. The van der Waals surface area contributed by atoms with Gasteiger partial charge in [0.05, 0.1) is 22.6 Å². The summed E-state index contributed by atoms with van der Waals surface area (Å²) in [5.41, 5.74) is 1.33. The van der Waals surface area contributed by atoms with E-state index in [1.807, 2.05) is 11.4 Å². The molecule has 0 aliphatic carbocycles. The molecular weight excluding hydrogens is 276 g/mol. The lowest BCUT2D eigenvalue weighted by Crippen LogP contribution is -2.07. The zero-order valence-electron chi connectivity index (χ0n) is 10.7. The number of carbonyl (C=O) groups is 1. The van der Waals surface area contributed by atoms with Gasteiger partial charge >= 0.3 is 5.97 Å². The van der Waals surface area contributed by atoms with Crippen molar-refractivity contribution < 1.29 is 9.90 Å². The minimum atomic E-state index is -0.990. The van der Waals surface area contributed by atoms with Crippen LogP contribution in [0.2, 0.25) is 0 Å². The lowest BCUT2D eigenvalue weighted by Gasteiger charge is -2.08. The summed E-state index contributed by atoms with van der Waals surface area (Å²) in [6.07, 6.45) is 1.78. The van der Waals surface area contributed by atoms with E-state index in [2.05, 4.69) is 22.2 Å². The summed E-state index contributed by atoms with van der Waals surface area (Å²) in [5, 5.41) is 20.2. The molecule has 3 aromatic rings. The molecule has 2 heterocycles. The fraction of sp³-hybridized carbons (Fsp3) is 0.231. The number of aromatic carboxylic acids is 1. The van der Waals surface area contributed by atoms with Crippen LogP contribution in [0.1, 0.15) is 28.2 Å². The molecule has 0 saturated heterocycles. The molecule has 1 N–H and O–H groups in total. The van der Waals surface area contributed by atoms with Gasteiger partial charge in [0, 0.05) is 17.5 Å².